The van der Waals surface area contributed by atoms with E-state index in [1.807, 2.05) is 30.3 Å². The van der Waals surface area contributed by atoms with Crippen LogP contribution in [0.2, 0.25) is 0 Å². The van der Waals surface area contributed by atoms with Crippen molar-refractivity contribution >= 4 is 5.97 Å². The maximum Gasteiger partial charge on any atom is 0.422 e. The average molecular weight is 326 g/mol. The molecule has 2 aromatic rings. The Morgan fingerprint density at radius 1 is 1.04 bits per heavy atom. The summed E-state index contributed by atoms with van der Waals surface area (Å²) < 4.78 is 46.5. The van der Waals surface area contributed by atoms with Crippen LogP contribution in [0.5, 0.6) is 11.5 Å². The van der Waals surface area contributed by atoms with Gasteiger partial charge in [-0.05, 0) is 23.8 Å². The highest BCUT2D eigenvalue weighted by atomic mass is 19.4. The van der Waals surface area contributed by atoms with Crippen molar-refractivity contribution in [3.05, 3.63) is 59.7 Å². The van der Waals surface area contributed by atoms with Gasteiger partial charge in [0.25, 0.3) is 0 Å². The smallest absolute Gasteiger partial charge is 0.422 e. The maximum atomic E-state index is 12.2. The van der Waals surface area contributed by atoms with Gasteiger partial charge in [0, 0.05) is 0 Å². The number of hydrogen-bond acceptors (Lipinski definition) is 3. The number of carbonyl (C=O) groups is 1. The highest BCUT2D eigenvalue weighted by molar-refractivity contribution is 5.91. The zero-order valence-electron chi connectivity index (χ0n) is 11.8. The van der Waals surface area contributed by atoms with Crippen LogP contribution in [-0.2, 0) is 6.61 Å². The molecule has 2 aromatic carbocycles. The van der Waals surface area contributed by atoms with Crippen LogP contribution in [0, 0.1) is 0 Å². The van der Waals surface area contributed by atoms with E-state index in [9.17, 15) is 18.0 Å². The van der Waals surface area contributed by atoms with Gasteiger partial charge < -0.3 is 14.6 Å². The maximum absolute atomic E-state index is 12.2. The molecule has 0 spiro atoms. The lowest BCUT2D eigenvalue weighted by atomic mass is 10.2. The van der Waals surface area contributed by atoms with Gasteiger partial charge in [-0.2, -0.15) is 13.2 Å². The number of rotatable bonds is 6. The van der Waals surface area contributed by atoms with Gasteiger partial charge in [0.2, 0.25) is 0 Å². The van der Waals surface area contributed by atoms with E-state index in [4.69, 9.17) is 9.84 Å². The molecule has 0 aliphatic heterocycles. The number of alkyl halides is 3. The fourth-order valence-electron chi connectivity index (χ4n) is 1.79. The van der Waals surface area contributed by atoms with Gasteiger partial charge in [-0.25, -0.2) is 4.79 Å². The van der Waals surface area contributed by atoms with Crippen LogP contribution in [0.15, 0.2) is 48.5 Å². The molecule has 0 aliphatic rings. The highest BCUT2D eigenvalue weighted by Gasteiger charge is 2.29. The Morgan fingerprint density at radius 2 is 1.74 bits per heavy atom. The fourth-order valence-corrected chi connectivity index (χ4v) is 1.79. The van der Waals surface area contributed by atoms with Crippen molar-refractivity contribution in [1.82, 2.24) is 0 Å². The summed E-state index contributed by atoms with van der Waals surface area (Å²) in [7, 11) is 0. The monoisotopic (exact) mass is 326 g/mol. The molecule has 7 heteroatoms. The molecular formula is C16H13F3O4. The van der Waals surface area contributed by atoms with E-state index < -0.39 is 18.8 Å². The number of carboxylic acids is 1. The Bertz CT molecular complexity index is 669. The van der Waals surface area contributed by atoms with Crippen molar-refractivity contribution in [3.63, 3.8) is 0 Å². The van der Waals surface area contributed by atoms with Gasteiger partial charge in [0.15, 0.2) is 6.61 Å². The van der Waals surface area contributed by atoms with Crippen LogP contribution < -0.4 is 9.47 Å². The molecule has 0 heterocycles. The molecule has 0 atom stereocenters. The highest BCUT2D eigenvalue weighted by Crippen LogP contribution is 2.27. The minimum Gasteiger partial charge on any atom is -0.489 e. The first kappa shape index (κ1) is 16.7. The standard InChI is InChI=1S/C16H13F3O4/c17-16(18,19)10-23-14-7-6-12(8-13(14)15(20)21)22-9-11-4-2-1-3-5-11/h1-8H,9-10H2,(H,20,21). The van der Waals surface area contributed by atoms with Crippen LogP contribution in [0.4, 0.5) is 13.2 Å². The molecule has 0 radical (unpaired) electrons. The van der Waals surface area contributed by atoms with E-state index in [-0.39, 0.29) is 23.7 Å². The van der Waals surface area contributed by atoms with Crippen molar-refractivity contribution in [2.45, 2.75) is 12.8 Å². The Labute approximate surface area is 130 Å². The number of ether oxygens (including phenoxy) is 2. The number of aromatic carboxylic acids is 1. The van der Waals surface area contributed by atoms with E-state index in [1.54, 1.807) is 0 Å². The van der Waals surface area contributed by atoms with Gasteiger partial charge in [-0.15, -0.1) is 0 Å². The summed E-state index contributed by atoms with van der Waals surface area (Å²) in [5.41, 5.74) is 0.488. The largest absolute Gasteiger partial charge is 0.489 e. The fraction of sp³-hybridized carbons (Fsp3) is 0.188. The minimum atomic E-state index is -4.54. The lowest BCUT2D eigenvalue weighted by Gasteiger charge is -2.13. The van der Waals surface area contributed by atoms with E-state index in [2.05, 4.69) is 4.74 Å². The summed E-state index contributed by atoms with van der Waals surface area (Å²) in [4.78, 5) is 11.2. The van der Waals surface area contributed by atoms with Crippen molar-refractivity contribution < 1.29 is 32.5 Å². The molecule has 122 valence electrons. The van der Waals surface area contributed by atoms with E-state index in [1.165, 1.54) is 6.07 Å². The first-order chi connectivity index (χ1) is 10.8. The lowest BCUT2D eigenvalue weighted by Crippen LogP contribution is -2.20. The molecule has 0 amide bonds. The van der Waals surface area contributed by atoms with Crippen LogP contribution in [-0.4, -0.2) is 23.9 Å². The summed E-state index contributed by atoms with van der Waals surface area (Å²) >= 11 is 0. The molecule has 0 aromatic heterocycles. The van der Waals surface area contributed by atoms with E-state index in [0.29, 0.717) is 0 Å². The summed E-state index contributed by atoms with van der Waals surface area (Å²) in [6.07, 6.45) is -4.54. The molecule has 0 bridgehead atoms. The van der Waals surface area contributed by atoms with Crippen molar-refractivity contribution in [3.8, 4) is 11.5 Å². The molecule has 1 N–H and O–H groups in total. The van der Waals surface area contributed by atoms with Crippen molar-refractivity contribution in [1.29, 1.82) is 0 Å². The number of benzene rings is 2. The quantitative estimate of drug-likeness (QED) is 0.874. The number of carboxylic acid groups (broad SMARTS) is 1. The average Bonchev–Trinajstić information content (AvgIpc) is 2.51. The van der Waals surface area contributed by atoms with Crippen LogP contribution in [0.1, 0.15) is 15.9 Å². The minimum absolute atomic E-state index is 0.211. The van der Waals surface area contributed by atoms with Gasteiger partial charge in [-0.1, -0.05) is 30.3 Å². The summed E-state index contributed by atoms with van der Waals surface area (Å²) in [5, 5.41) is 9.09. The Balaban J connectivity index is 2.10. The van der Waals surface area contributed by atoms with Crippen LogP contribution >= 0.6 is 0 Å². The molecule has 23 heavy (non-hydrogen) atoms. The second kappa shape index (κ2) is 7.04. The number of hydrogen-bond donors (Lipinski definition) is 1. The Kier molecular flexibility index (Phi) is 5.10. The van der Waals surface area contributed by atoms with Gasteiger partial charge in [-0.3, -0.25) is 0 Å². The summed E-state index contributed by atoms with van der Waals surface area (Å²) in [5.74, 6) is -1.53. The zero-order valence-corrected chi connectivity index (χ0v) is 11.8. The first-order valence-electron chi connectivity index (χ1n) is 6.59. The summed E-state index contributed by atoms with van der Waals surface area (Å²) in [6.45, 7) is -1.35. The third-order valence-electron chi connectivity index (χ3n) is 2.82. The van der Waals surface area contributed by atoms with Gasteiger partial charge >= 0.3 is 12.1 Å². The third kappa shape index (κ3) is 5.21. The summed E-state index contributed by atoms with van der Waals surface area (Å²) in [6, 6.07) is 12.8. The van der Waals surface area contributed by atoms with Gasteiger partial charge in [0.05, 0.1) is 0 Å². The second-order valence-electron chi connectivity index (χ2n) is 4.64. The lowest BCUT2D eigenvalue weighted by molar-refractivity contribution is -0.153. The molecule has 0 saturated carbocycles. The SMILES string of the molecule is O=C(O)c1cc(OCc2ccccc2)ccc1OCC(F)(F)F. The van der Waals surface area contributed by atoms with E-state index in [0.717, 1.165) is 17.7 Å². The van der Waals surface area contributed by atoms with E-state index >= 15 is 0 Å². The topological polar surface area (TPSA) is 55.8 Å². The van der Waals surface area contributed by atoms with Crippen molar-refractivity contribution in [2.75, 3.05) is 6.61 Å². The first-order valence-corrected chi connectivity index (χ1v) is 6.59. The van der Waals surface area contributed by atoms with Crippen LogP contribution in [0.3, 0.4) is 0 Å². The third-order valence-corrected chi connectivity index (χ3v) is 2.82. The van der Waals surface area contributed by atoms with Crippen LogP contribution in [0.25, 0.3) is 0 Å². The van der Waals surface area contributed by atoms with Crippen molar-refractivity contribution in [2.24, 2.45) is 0 Å². The molecule has 0 fully saturated rings. The molecule has 0 unspecified atom stereocenters. The molecular weight excluding hydrogens is 313 g/mol. The normalized spacial score (nSPS) is 11.1. The Hall–Kier alpha value is -2.70. The molecule has 2 rings (SSSR count). The van der Waals surface area contributed by atoms with Gasteiger partial charge in [0.1, 0.15) is 23.7 Å². The molecule has 4 nitrogen and oxygen atoms in total. The molecule has 0 saturated heterocycles. The predicted molar refractivity (Wildman–Crippen MR) is 75.7 cm³/mol. The second-order valence-corrected chi connectivity index (χ2v) is 4.64. The number of halogens is 3. The molecule has 0 aliphatic carbocycles. The zero-order chi connectivity index (χ0) is 16.9. The Morgan fingerprint density at radius 3 is 2.35 bits per heavy atom. The predicted octanol–water partition coefficient (Wildman–Crippen LogP) is 3.90.